The summed E-state index contributed by atoms with van der Waals surface area (Å²) in [5.41, 5.74) is 2.08. The number of hydrogen-bond acceptors (Lipinski definition) is 3. The van der Waals surface area contributed by atoms with Crippen LogP contribution in [0.1, 0.15) is 45.2 Å². The molecule has 0 amide bonds. The molecule has 0 aliphatic heterocycles. The molecule has 1 aromatic heterocycles. The first-order valence-corrected chi connectivity index (χ1v) is 7.77. The maximum atomic E-state index is 5.83. The van der Waals surface area contributed by atoms with Crippen LogP contribution in [0, 0.1) is 0 Å². The van der Waals surface area contributed by atoms with Crippen LogP contribution in [0.4, 0.5) is 0 Å². The zero-order chi connectivity index (χ0) is 15.3. The molecular weight excluding hydrogens is 260 g/mol. The highest BCUT2D eigenvalue weighted by Gasteiger charge is 2.33. The van der Waals surface area contributed by atoms with Gasteiger partial charge in [0.2, 0.25) is 0 Å². The molecular formula is C18H26N2O. The molecule has 1 N–H and O–H groups in total. The first-order chi connectivity index (χ1) is 10.1. The number of nitrogens with one attached hydrogen (secondary N) is 1. The van der Waals surface area contributed by atoms with Gasteiger partial charge in [-0.2, -0.15) is 0 Å². The molecule has 1 aromatic carbocycles. The van der Waals surface area contributed by atoms with Crippen LogP contribution in [0.15, 0.2) is 36.5 Å². The second-order valence-electron chi connectivity index (χ2n) is 5.71. The summed E-state index contributed by atoms with van der Waals surface area (Å²) in [6.07, 6.45) is 3.89. The molecule has 0 bridgehead atoms. The van der Waals surface area contributed by atoms with E-state index in [0.717, 1.165) is 24.9 Å². The van der Waals surface area contributed by atoms with Crippen LogP contribution in [0.3, 0.4) is 0 Å². The number of rotatable bonds is 7. The maximum absolute atomic E-state index is 5.83. The fraction of sp³-hybridized carbons (Fsp3) is 0.500. The van der Waals surface area contributed by atoms with Gasteiger partial charge in [-0.05, 0) is 50.1 Å². The molecule has 21 heavy (non-hydrogen) atoms. The summed E-state index contributed by atoms with van der Waals surface area (Å²) in [5.74, 6) is 0. The molecule has 2 aromatic rings. The van der Waals surface area contributed by atoms with E-state index in [1.54, 1.807) is 7.11 Å². The highest BCUT2D eigenvalue weighted by molar-refractivity contribution is 5.79. The molecule has 0 radical (unpaired) electrons. The minimum atomic E-state index is -0.217. The van der Waals surface area contributed by atoms with Crippen LogP contribution >= 0.6 is 0 Å². The van der Waals surface area contributed by atoms with Crippen LogP contribution in [-0.4, -0.2) is 24.2 Å². The van der Waals surface area contributed by atoms with Crippen molar-refractivity contribution in [3.05, 3.63) is 42.1 Å². The minimum absolute atomic E-state index is 0.178. The number of aromatic nitrogens is 1. The average molecular weight is 286 g/mol. The number of methoxy groups -OCH3 is 1. The van der Waals surface area contributed by atoms with Gasteiger partial charge in [-0.1, -0.05) is 26.0 Å². The van der Waals surface area contributed by atoms with Crippen molar-refractivity contribution in [3.63, 3.8) is 0 Å². The van der Waals surface area contributed by atoms with Gasteiger partial charge in [0.15, 0.2) is 0 Å². The molecule has 0 saturated heterocycles. The van der Waals surface area contributed by atoms with E-state index in [0.29, 0.717) is 0 Å². The molecule has 3 nitrogen and oxygen atoms in total. The standard InChI is InChI=1S/C18H26N2O/c1-5-11-20-17(18(3,6-2)21-4)15-9-10-16-14(13-15)8-7-12-19-16/h7-10,12-13,17,20H,5-6,11H2,1-4H3. The van der Waals surface area contributed by atoms with E-state index in [1.165, 1.54) is 10.9 Å². The lowest BCUT2D eigenvalue weighted by Crippen LogP contribution is -2.43. The van der Waals surface area contributed by atoms with E-state index in [4.69, 9.17) is 4.74 Å². The summed E-state index contributed by atoms with van der Waals surface area (Å²) in [5, 5.41) is 4.82. The Kier molecular flexibility index (Phi) is 5.32. The summed E-state index contributed by atoms with van der Waals surface area (Å²) in [6, 6.07) is 10.8. The Labute approximate surface area is 127 Å². The molecule has 2 unspecified atom stereocenters. The number of hydrogen-bond donors (Lipinski definition) is 1. The predicted molar refractivity (Wildman–Crippen MR) is 88.5 cm³/mol. The zero-order valence-corrected chi connectivity index (χ0v) is 13.5. The molecule has 3 heteroatoms. The summed E-state index contributed by atoms with van der Waals surface area (Å²) in [6.45, 7) is 7.51. The van der Waals surface area contributed by atoms with E-state index in [-0.39, 0.29) is 11.6 Å². The Morgan fingerprint density at radius 1 is 1.29 bits per heavy atom. The van der Waals surface area contributed by atoms with E-state index in [2.05, 4.69) is 55.3 Å². The fourth-order valence-electron chi connectivity index (χ4n) is 2.71. The van der Waals surface area contributed by atoms with Gasteiger partial charge in [-0.15, -0.1) is 0 Å². The van der Waals surface area contributed by atoms with Gasteiger partial charge in [0.05, 0.1) is 17.2 Å². The summed E-state index contributed by atoms with van der Waals surface area (Å²) >= 11 is 0. The van der Waals surface area contributed by atoms with Crippen molar-refractivity contribution in [1.82, 2.24) is 10.3 Å². The first kappa shape index (κ1) is 15.9. The summed E-state index contributed by atoms with van der Waals surface area (Å²) in [7, 11) is 1.80. The molecule has 0 aliphatic carbocycles. The lowest BCUT2D eigenvalue weighted by Gasteiger charge is -2.37. The highest BCUT2D eigenvalue weighted by Crippen LogP contribution is 2.32. The second kappa shape index (κ2) is 7.01. The van der Waals surface area contributed by atoms with Gasteiger partial charge in [-0.3, -0.25) is 4.98 Å². The van der Waals surface area contributed by atoms with Crippen LogP contribution in [0.25, 0.3) is 10.9 Å². The topological polar surface area (TPSA) is 34.2 Å². The summed E-state index contributed by atoms with van der Waals surface area (Å²) < 4.78 is 5.83. The van der Waals surface area contributed by atoms with Crippen LogP contribution < -0.4 is 5.32 Å². The molecule has 0 fully saturated rings. The van der Waals surface area contributed by atoms with E-state index in [1.807, 2.05) is 12.3 Å². The van der Waals surface area contributed by atoms with Gasteiger partial charge in [-0.25, -0.2) is 0 Å². The highest BCUT2D eigenvalue weighted by atomic mass is 16.5. The molecule has 114 valence electrons. The zero-order valence-electron chi connectivity index (χ0n) is 13.5. The van der Waals surface area contributed by atoms with E-state index < -0.39 is 0 Å². The van der Waals surface area contributed by atoms with Gasteiger partial charge in [0, 0.05) is 18.7 Å². The van der Waals surface area contributed by atoms with Crippen molar-refractivity contribution in [2.75, 3.05) is 13.7 Å². The molecule has 0 aliphatic rings. The third-order valence-corrected chi connectivity index (χ3v) is 4.34. The average Bonchev–Trinajstić information content (AvgIpc) is 2.54. The van der Waals surface area contributed by atoms with Crippen molar-refractivity contribution in [2.45, 2.75) is 45.3 Å². The number of benzene rings is 1. The van der Waals surface area contributed by atoms with Gasteiger partial charge < -0.3 is 10.1 Å². The van der Waals surface area contributed by atoms with Gasteiger partial charge in [0.1, 0.15) is 0 Å². The van der Waals surface area contributed by atoms with E-state index in [9.17, 15) is 0 Å². The van der Waals surface area contributed by atoms with Crippen LogP contribution in [0.5, 0.6) is 0 Å². The SMILES string of the molecule is CCCNC(c1ccc2ncccc2c1)C(C)(CC)OC. The molecule has 1 heterocycles. The van der Waals surface area contributed by atoms with Crippen LogP contribution in [-0.2, 0) is 4.74 Å². The minimum Gasteiger partial charge on any atom is -0.377 e. The Morgan fingerprint density at radius 3 is 2.76 bits per heavy atom. The fourth-order valence-corrected chi connectivity index (χ4v) is 2.71. The lowest BCUT2D eigenvalue weighted by atomic mass is 9.87. The van der Waals surface area contributed by atoms with Crippen molar-refractivity contribution in [3.8, 4) is 0 Å². The smallest absolute Gasteiger partial charge is 0.0841 e. The van der Waals surface area contributed by atoms with Crippen molar-refractivity contribution < 1.29 is 4.74 Å². The first-order valence-electron chi connectivity index (χ1n) is 7.77. The Hall–Kier alpha value is -1.45. The van der Waals surface area contributed by atoms with Gasteiger partial charge >= 0.3 is 0 Å². The van der Waals surface area contributed by atoms with Crippen molar-refractivity contribution >= 4 is 10.9 Å². The number of pyridine rings is 1. The Morgan fingerprint density at radius 2 is 2.10 bits per heavy atom. The quantitative estimate of drug-likeness (QED) is 0.832. The van der Waals surface area contributed by atoms with Crippen molar-refractivity contribution in [1.29, 1.82) is 0 Å². The third kappa shape index (κ3) is 3.42. The number of fused-ring (bicyclic) bond motifs is 1. The molecule has 0 saturated carbocycles. The Balaban J connectivity index is 2.42. The number of ether oxygens (including phenoxy) is 1. The molecule has 0 spiro atoms. The molecule has 2 atom stereocenters. The largest absolute Gasteiger partial charge is 0.377 e. The monoisotopic (exact) mass is 286 g/mol. The third-order valence-electron chi connectivity index (χ3n) is 4.34. The lowest BCUT2D eigenvalue weighted by molar-refractivity contribution is -0.0299. The second-order valence-corrected chi connectivity index (χ2v) is 5.71. The number of nitrogens with zero attached hydrogens (tertiary/aromatic N) is 1. The van der Waals surface area contributed by atoms with Crippen molar-refractivity contribution in [2.24, 2.45) is 0 Å². The normalized spacial score (nSPS) is 15.8. The van der Waals surface area contributed by atoms with Gasteiger partial charge in [0.25, 0.3) is 0 Å². The summed E-state index contributed by atoms with van der Waals surface area (Å²) in [4.78, 5) is 4.39. The van der Waals surface area contributed by atoms with Crippen LogP contribution in [0.2, 0.25) is 0 Å². The predicted octanol–water partition coefficient (Wildman–Crippen LogP) is 4.09. The Bertz CT molecular complexity index is 578. The maximum Gasteiger partial charge on any atom is 0.0841 e. The van der Waals surface area contributed by atoms with E-state index >= 15 is 0 Å². The molecule has 2 rings (SSSR count).